The van der Waals surface area contributed by atoms with Crippen molar-refractivity contribution < 1.29 is 4.74 Å². The quantitative estimate of drug-likeness (QED) is 0.538. The average molecular weight is 199 g/mol. The molecule has 0 aromatic rings. The molecule has 0 aromatic carbocycles. The van der Waals surface area contributed by atoms with Crippen molar-refractivity contribution in [2.75, 3.05) is 0 Å². The lowest BCUT2D eigenvalue weighted by Gasteiger charge is -2.14. The van der Waals surface area contributed by atoms with Gasteiger partial charge in [-0.05, 0) is 31.2 Å². The van der Waals surface area contributed by atoms with Gasteiger partial charge in [-0.15, -0.1) is 0 Å². The van der Waals surface area contributed by atoms with Crippen molar-refractivity contribution in [2.24, 2.45) is 0 Å². The van der Waals surface area contributed by atoms with Gasteiger partial charge in [-0.1, -0.05) is 37.8 Å². The molecule has 0 bridgehead atoms. The van der Waals surface area contributed by atoms with Crippen LogP contribution in [0.3, 0.4) is 0 Å². The van der Waals surface area contributed by atoms with E-state index < -0.39 is 0 Å². The number of allylic oxidation sites excluding steroid dienone is 6. The summed E-state index contributed by atoms with van der Waals surface area (Å²) >= 11 is 0. The summed E-state index contributed by atoms with van der Waals surface area (Å²) in [5.41, 5.74) is 3.57. The van der Waals surface area contributed by atoms with Gasteiger partial charge in [-0.2, -0.15) is 0 Å². The van der Waals surface area contributed by atoms with Crippen LogP contribution < -0.4 is 0 Å². The maximum Gasteiger partial charge on any atom is 0.169 e. The van der Waals surface area contributed by atoms with E-state index in [0.717, 1.165) is 17.8 Å². The van der Waals surface area contributed by atoms with Crippen LogP contribution in [0.25, 0.3) is 0 Å². The molecule has 1 heteroatoms. The minimum Gasteiger partial charge on any atom is -0.448 e. The molecule has 0 N–H and O–H groups in total. The fraction of sp³-hybridized carbons (Fsp3) is 0.214. The number of fused-ring (bicyclic) bond motifs is 1. The third kappa shape index (κ3) is 2.87. The molecule has 0 atom stereocenters. The molecule has 1 heterocycles. The SMILES string of the molecule is CC.[CH]=C=C1C=CC2=CCC=CC=C2O1. The molecular weight excluding hydrogens is 184 g/mol. The zero-order chi connectivity index (χ0) is 11.1. The molecule has 0 spiro atoms. The Balaban J connectivity index is 0.000000531. The molecule has 77 valence electrons. The van der Waals surface area contributed by atoms with Crippen molar-refractivity contribution in [2.45, 2.75) is 20.3 Å². The summed E-state index contributed by atoms with van der Waals surface area (Å²) in [4.78, 5) is 0. The molecule has 0 saturated carbocycles. The van der Waals surface area contributed by atoms with Gasteiger partial charge in [0.05, 0.1) is 0 Å². The van der Waals surface area contributed by atoms with Crippen molar-refractivity contribution >= 4 is 0 Å². The first-order valence-electron chi connectivity index (χ1n) is 5.17. The third-order valence-electron chi connectivity index (χ3n) is 1.92. The number of rotatable bonds is 0. The molecule has 1 radical (unpaired) electrons. The highest BCUT2D eigenvalue weighted by Gasteiger charge is 2.10. The molecule has 0 amide bonds. The van der Waals surface area contributed by atoms with Crippen molar-refractivity contribution in [3.05, 3.63) is 65.9 Å². The summed E-state index contributed by atoms with van der Waals surface area (Å²) in [5, 5.41) is 0. The first kappa shape index (κ1) is 11.4. The van der Waals surface area contributed by atoms with Crippen LogP contribution in [0.5, 0.6) is 0 Å². The highest BCUT2D eigenvalue weighted by Crippen LogP contribution is 2.25. The van der Waals surface area contributed by atoms with E-state index in [-0.39, 0.29) is 0 Å². The topological polar surface area (TPSA) is 9.23 Å². The molecule has 1 aliphatic carbocycles. The summed E-state index contributed by atoms with van der Waals surface area (Å²) in [5.74, 6) is 1.41. The summed E-state index contributed by atoms with van der Waals surface area (Å²) in [6.07, 6.45) is 12.8. The van der Waals surface area contributed by atoms with Crippen LogP contribution in [-0.2, 0) is 4.74 Å². The van der Waals surface area contributed by atoms with Gasteiger partial charge in [-0.25, -0.2) is 0 Å². The van der Waals surface area contributed by atoms with Crippen LogP contribution in [-0.4, -0.2) is 0 Å². The molecule has 0 saturated heterocycles. The summed E-state index contributed by atoms with van der Waals surface area (Å²) < 4.78 is 5.45. The lowest BCUT2D eigenvalue weighted by molar-refractivity contribution is 0.327. The lowest BCUT2D eigenvalue weighted by atomic mass is 10.1. The molecule has 15 heavy (non-hydrogen) atoms. The average Bonchev–Trinajstić information content (AvgIpc) is 2.55. The molecule has 2 aliphatic rings. The second kappa shape index (κ2) is 5.90. The summed E-state index contributed by atoms with van der Waals surface area (Å²) in [6.45, 7) is 9.24. The highest BCUT2D eigenvalue weighted by molar-refractivity contribution is 5.45. The second-order valence-corrected chi connectivity index (χ2v) is 2.80. The monoisotopic (exact) mass is 199 g/mol. The van der Waals surface area contributed by atoms with Gasteiger partial charge in [0, 0.05) is 5.57 Å². The molecule has 1 aliphatic heterocycles. The zero-order valence-electron chi connectivity index (χ0n) is 9.16. The fourth-order valence-corrected chi connectivity index (χ4v) is 1.26. The van der Waals surface area contributed by atoms with Crippen LogP contribution in [0.1, 0.15) is 20.3 Å². The van der Waals surface area contributed by atoms with E-state index in [1.54, 1.807) is 0 Å². The van der Waals surface area contributed by atoms with E-state index in [4.69, 9.17) is 11.3 Å². The van der Waals surface area contributed by atoms with Crippen molar-refractivity contribution in [1.29, 1.82) is 0 Å². The van der Waals surface area contributed by atoms with E-state index in [1.807, 2.05) is 38.2 Å². The van der Waals surface area contributed by atoms with E-state index in [1.165, 1.54) is 0 Å². The first-order valence-corrected chi connectivity index (χ1v) is 5.17. The minimum atomic E-state index is 0.568. The fourth-order valence-electron chi connectivity index (χ4n) is 1.26. The Morgan fingerprint density at radius 1 is 1.33 bits per heavy atom. The zero-order valence-corrected chi connectivity index (χ0v) is 9.16. The maximum absolute atomic E-state index is 5.45. The lowest BCUT2D eigenvalue weighted by Crippen LogP contribution is -1.98. The van der Waals surface area contributed by atoms with Crippen molar-refractivity contribution in [1.82, 2.24) is 0 Å². The smallest absolute Gasteiger partial charge is 0.169 e. The van der Waals surface area contributed by atoms with Gasteiger partial charge >= 0.3 is 0 Å². The summed E-state index contributed by atoms with van der Waals surface area (Å²) in [7, 11) is 0. The van der Waals surface area contributed by atoms with E-state index in [0.29, 0.717) is 5.76 Å². The Kier molecular flexibility index (Phi) is 4.46. The van der Waals surface area contributed by atoms with Crippen LogP contribution in [0.2, 0.25) is 0 Å². The Labute approximate surface area is 91.5 Å². The normalized spacial score (nSPS) is 17.1. The van der Waals surface area contributed by atoms with Gasteiger partial charge in [-0.3, -0.25) is 0 Å². The number of hydrogen-bond donors (Lipinski definition) is 0. The number of hydrogen-bond acceptors (Lipinski definition) is 1. The predicted molar refractivity (Wildman–Crippen MR) is 62.8 cm³/mol. The minimum absolute atomic E-state index is 0.568. The van der Waals surface area contributed by atoms with Crippen LogP contribution in [0, 0.1) is 6.58 Å². The third-order valence-corrected chi connectivity index (χ3v) is 1.92. The Hall–Kier alpha value is -1.72. The number of ether oxygens (including phenoxy) is 1. The maximum atomic E-state index is 5.45. The molecule has 2 rings (SSSR count). The Morgan fingerprint density at radius 2 is 2.13 bits per heavy atom. The van der Waals surface area contributed by atoms with Gasteiger partial charge < -0.3 is 4.74 Å². The van der Waals surface area contributed by atoms with Gasteiger partial charge in [0.1, 0.15) is 5.76 Å². The van der Waals surface area contributed by atoms with E-state index >= 15 is 0 Å². The molecule has 0 fully saturated rings. The first-order chi connectivity index (χ1) is 7.40. The Morgan fingerprint density at radius 3 is 2.87 bits per heavy atom. The molecule has 1 nitrogen and oxygen atoms in total. The highest BCUT2D eigenvalue weighted by atomic mass is 16.5. The Bertz CT molecular complexity index is 386. The second-order valence-electron chi connectivity index (χ2n) is 2.80. The van der Waals surface area contributed by atoms with E-state index in [9.17, 15) is 0 Å². The molecular formula is C14H15O. The van der Waals surface area contributed by atoms with E-state index in [2.05, 4.69) is 17.9 Å². The molecule has 0 aromatic heterocycles. The van der Waals surface area contributed by atoms with Crippen LogP contribution in [0.15, 0.2) is 59.3 Å². The van der Waals surface area contributed by atoms with Crippen molar-refractivity contribution in [3.8, 4) is 0 Å². The van der Waals surface area contributed by atoms with Crippen LogP contribution in [0.4, 0.5) is 0 Å². The molecule has 0 unspecified atom stereocenters. The van der Waals surface area contributed by atoms with Gasteiger partial charge in [0.15, 0.2) is 5.76 Å². The van der Waals surface area contributed by atoms with Gasteiger partial charge in [0.25, 0.3) is 0 Å². The predicted octanol–water partition coefficient (Wildman–Crippen LogP) is 3.84. The van der Waals surface area contributed by atoms with Gasteiger partial charge in [0.2, 0.25) is 0 Å². The van der Waals surface area contributed by atoms with Crippen molar-refractivity contribution in [3.63, 3.8) is 0 Å². The standard InChI is InChI=1S/C12H9O.C2H6/c1-2-11-9-8-10-6-4-3-5-7-12(10)13-11;1-2/h1,3,5-9H,4H2;1-2H3. The summed E-state index contributed by atoms with van der Waals surface area (Å²) in [6, 6.07) is 0. The van der Waals surface area contributed by atoms with Crippen LogP contribution >= 0.6 is 0 Å². The largest absolute Gasteiger partial charge is 0.448 e.